The second-order valence-corrected chi connectivity index (χ2v) is 6.88. The Morgan fingerprint density at radius 2 is 2.06 bits per heavy atom. The molecule has 0 aromatic carbocycles. The maximum Gasteiger partial charge on any atom is 0.107 e. The van der Waals surface area contributed by atoms with Gasteiger partial charge in [0.2, 0.25) is 0 Å². The molecule has 88 valence electrons. The Morgan fingerprint density at radius 1 is 1.25 bits per heavy atom. The lowest BCUT2D eigenvalue weighted by atomic mass is 10.1. The largest absolute Gasteiger partial charge is 0.308 e. The zero-order valence-corrected chi connectivity index (χ0v) is 11.1. The Kier molecular flexibility index (Phi) is 3.50. The molecule has 1 aliphatic heterocycles. The number of rotatable bonds is 4. The molecule has 2 aliphatic rings. The van der Waals surface area contributed by atoms with Gasteiger partial charge in [0.15, 0.2) is 0 Å². The average Bonchev–Trinajstić information content (AvgIpc) is 3.08. The second kappa shape index (κ2) is 5.07. The van der Waals surface area contributed by atoms with E-state index in [9.17, 15) is 0 Å². The van der Waals surface area contributed by atoms with E-state index in [1.165, 1.54) is 47.9 Å². The molecule has 1 saturated heterocycles. The zero-order chi connectivity index (χ0) is 10.8. The second-order valence-electron chi connectivity index (χ2n) is 4.71. The Bertz CT molecular complexity index is 341. The summed E-state index contributed by atoms with van der Waals surface area (Å²) in [5.74, 6) is 3.45. The molecule has 1 aliphatic carbocycles. The summed E-state index contributed by atoms with van der Waals surface area (Å²) in [4.78, 5) is 4.71. The van der Waals surface area contributed by atoms with Crippen molar-refractivity contribution in [3.8, 4) is 0 Å². The van der Waals surface area contributed by atoms with E-state index in [2.05, 4.69) is 22.5 Å². The Labute approximate surface area is 105 Å². The summed E-state index contributed by atoms with van der Waals surface area (Å²) in [6, 6.07) is 0.731. The fourth-order valence-electron chi connectivity index (χ4n) is 2.11. The minimum Gasteiger partial charge on any atom is -0.308 e. The van der Waals surface area contributed by atoms with Gasteiger partial charge in [-0.05, 0) is 37.2 Å². The summed E-state index contributed by atoms with van der Waals surface area (Å²) < 4.78 is 0. The minimum absolute atomic E-state index is 0.731. The molecule has 0 radical (unpaired) electrons. The molecule has 1 aromatic heterocycles. The lowest BCUT2D eigenvalue weighted by molar-refractivity contribution is 0.481. The normalized spacial score (nSPS) is 22.5. The van der Waals surface area contributed by atoms with Crippen LogP contribution in [0, 0.1) is 0 Å². The average molecular weight is 254 g/mol. The summed E-state index contributed by atoms with van der Waals surface area (Å²) in [5.41, 5.74) is 1.35. The van der Waals surface area contributed by atoms with E-state index in [-0.39, 0.29) is 0 Å². The molecule has 4 heteroatoms. The Morgan fingerprint density at radius 3 is 2.81 bits per heavy atom. The van der Waals surface area contributed by atoms with E-state index in [0.717, 1.165) is 18.5 Å². The van der Waals surface area contributed by atoms with Crippen molar-refractivity contribution in [3.63, 3.8) is 0 Å². The maximum atomic E-state index is 4.71. The third kappa shape index (κ3) is 2.79. The van der Waals surface area contributed by atoms with Crippen LogP contribution in [0.15, 0.2) is 5.38 Å². The summed E-state index contributed by atoms with van der Waals surface area (Å²) in [5, 5.41) is 7.18. The van der Waals surface area contributed by atoms with E-state index in [1.807, 2.05) is 11.3 Å². The highest BCUT2D eigenvalue weighted by Gasteiger charge is 2.26. The fraction of sp³-hybridized carbons (Fsp3) is 0.750. The zero-order valence-electron chi connectivity index (χ0n) is 9.45. The number of hydrogen-bond donors (Lipinski definition) is 1. The van der Waals surface area contributed by atoms with Crippen molar-refractivity contribution in [2.75, 3.05) is 11.5 Å². The maximum absolute atomic E-state index is 4.71. The van der Waals surface area contributed by atoms with Crippen molar-refractivity contribution < 1.29 is 0 Å². The summed E-state index contributed by atoms with van der Waals surface area (Å²) in [6.45, 7) is 0.979. The Hall–Kier alpha value is -0.0600. The van der Waals surface area contributed by atoms with Gasteiger partial charge in [-0.25, -0.2) is 4.98 Å². The van der Waals surface area contributed by atoms with E-state index in [0.29, 0.717) is 0 Å². The molecule has 0 atom stereocenters. The molecule has 0 unspecified atom stereocenters. The standard InChI is InChI=1S/C12H18N2S2/c1-2-9(1)11-8-16-12(14-11)7-13-10-3-5-15-6-4-10/h8-10,13H,1-7H2. The highest BCUT2D eigenvalue weighted by Crippen LogP contribution is 2.40. The molecule has 0 bridgehead atoms. The lowest BCUT2D eigenvalue weighted by Crippen LogP contribution is -2.31. The van der Waals surface area contributed by atoms with Gasteiger partial charge >= 0.3 is 0 Å². The van der Waals surface area contributed by atoms with Crippen LogP contribution in [-0.2, 0) is 6.54 Å². The molecule has 2 heterocycles. The van der Waals surface area contributed by atoms with Crippen molar-refractivity contribution in [2.45, 2.75) is 44.2 Å². The SMILES string of the molecule is c1sc(CNC2CCSCC2)nc1C1CC1. The first-order valence-corrected chi connectivity index (χ1v) is 8.20. The number of nitrogens with zero attached hydrogens (tertiary/aromatic N) is 1. The Balaban J connectivity index is 1.49. The number of nitrogens with one attached hydrogen (secondary N) is 1. The third-order valence-electron chi connectivity index (χ3n) is 3.33. The van der Waals surface area contributed by atoms with Crippen LogP contribution >= 0.6 is 23.1 Å². The highest BCUT2D eigenvalue weighted by molar-refractivity contribution is 7.99. The van der Waals surface area contributed by atoms with E-state index < -0.39 is 0 Å². The van der Waals surface area contributed by atoms with Gasteiger partial charge in [-0.15, -0.1) is 11.3 Å². The van der Waals surface area contributed by atoms with Gasteiger partial charge in [-0.1, -0.05) is 0 Å². The van der Waals surface area contributed by atoms with Crippen LogP contribution in [0.3, 0.4) is 0 Å². The van der Waals surface area contributed by atoms with Crippen molar-refractivity contribution in [1.82, 2.24) is 10.3 Å². The van der Waals surface area contributed by atoms with E-state index >= 15 is 0 Å². The van der Waals surface area contributed by atoms with Gasteiger partial charge in [0.05, 0.1) is 5.69 Å². The predicted molar refractivity (Wildman–Crippen MR) is 71.3 cm³/mol. The summed E-state index contributed by atoms with van der Waals surface area (Å²) in [7, 11) is 0. The van der Waals surface area contributed by atoms with Crippen LogP contribution in [0.4, 0.5) is 0 Å². The van der Waals surface area contributed by atoms with Crippen LogP contribution < -0.4 is 5.32 Å². The number of thioether (sulfide) groups is 1. The van der Waals surface area contributed by atoms with Crippen molar-refractivity contribution >= 4 is 23.1 Å². The van der Waals surface area contributed by atoms with Crippen molar-refractivity contribution in [1.29, 1.82) is 0 Å². The first kappa shape index (κ1) is 11.1. The topological polar surface area (TPSA) is 24.9 Å². The van der Waals surface area contributed by atoms with Gasteiger partial charge in [-0.3, -0.25) is 0 Å². The smallest absolute Gasteiger partial charge is 0.107 e. The van der Waals surface area contributed by atoms with Crippen LogP contribution in [-0.4, -0.2) is 22.5 Å². The third-order valence-corrected chi connectivity index (χ3v) is 5.24. The molecule has 2 fully saturated rings. The van der Waals surface area contributed by atoms with Gasteiger partial charge < -0.3 is 5.32 Å². The molecule has 1 saturated carbocycles. The summed E-state index contributed by atoms with van der Waals surface area (Å²) in [6.07, 6.45) is 5.37. The molecular weight excluding hydrogens is 236 g/mol. The minimum atomic E-state index is 0.731. The van der Waals surface area contributed by atoms with Crippen LogP contribution in [0.5, 0.6) is 0 Å². The van der Waals surface area contributed by atoms with Crippen molar-refractivity contribution in [3.05, 3.63) is 16.1 Å². The van der Waals surface area contributed by atoms with Gasteiger partial charge in [-0.2, -0.15) is 11.8 Å². The molecular formula is C12H18N2S2. The first-order chi connectivity index (χ1) is 7.92. The monoisotopic (exact) mass is 254 g/mol. The molecule has 1 N–H and O–H groups in total. The summed E-state index contributed by atoms with van der Waals surface area (Å²) >= 11 is 3.91. The molecule has 2 nitrogen and oxygen atoms in total. The number of hydrogen-bond acceptors (Lipinski definition) is 4. The molecule has 0 amide bonds. The number of thiazole rings is 1. The van der Waals surface area contributed by atoms with Crippen LogP contribution in [0.2, 0.25) is 0 Å². The first-order valence-electron chi connectivity index (χ1n) is 6.17. The van der Waals surface area contributed by atoms with Gasteiger partial charge in [0.1, 0.15) is 5.01 Å². The molecule has 1 aromatic rings. The predicted octanol–water partition coefficient (Wildman–Crippen LogP) is 3.01. The fourth-order valence-corrected chi connectivity index (χ4v) is 4.04. The quantitative estimate of drug-likeness (QED) is 0.894. The van der Waals surface area contributed by atoms with Gasteiger partial charge in [0, 0.05) is 23.9 Å². The van der Waals surface area contributed by atoms with Crippen molar-refractivity contribution in [2.24, 2.45) is 0 Å². The molecule has 16 heavy (non-hydrogen) atoms. The van der Waals surface area contributed by atoms with E-state index in [4.69, 9.17) is 4.98 Å². The molecule has 3 rings (SSSR count). The molecule has 0 spiro atoms. The highest BCUT2D eigenvalue weighted by atomic mass is 32.2. The van der Waals surface area contributed by atoms with Crippen LogP contribution in [0.25, 0.3) is 0 Å². The van der Waals surface area contributed by atoms with Crippen LogP contribution in [0.1, 0.15) is 42.3 Å². The van der Waals surface area contributed by atoms with Gasteiger partial charge in [0.25, 0.3) is 0 Å². The lowest BCUT2D eigenvalue weighted by Gasteiger charge is -2.21. The van der Waals surface area contributed by atoms with E-state index in [1.54, 1.807) is 0 Å². The number of aromatic nitrogens is 1.